The van der Waals surface area contributed by atoms with Gasteiger partial charge in [0.2, 0.25) is 11.9 Å². The first-order valence-electron chi connectivity index (χ1n) is 9.76. The number of aromatic nitrogens is 2. The van der Waals surface area contributed by atoms with Crippen molar-refractivity contribution >= 4 is 17.8 Å². The molecule has 2 N–H and O–H groups in total. The van der Waals surface area contributed by atoms with Crippen molar-refractivity contribution in [1.82, 2.24) is 15.3 Å². The van der Waals surface area contributed by atoms with Crippen LogP contribution in [0.25, 0.3) is 0 Å². The van der Waals surface area contributed by atoms with Gasteiger partial charge in [-0.05, 0) is 55.5 Å². The van der Waals surface area contributed by atoms with Crippen LogP contribution in [0.15, 0.2) is 30.5 Å². The maximum atomic E-state index is 13.0. The maximum absolute atomic E-state index is 13.0. The van der Waals surface area contributed by atoms with Gasteiger partial charge in [-0.15, -0.1) is 0 Å². The van der Waals surface area contributed by atoms with E-state index >= 15 is 0 Å². The van der Waals surface area contributed by atoms with Gasteiger partial charge in [-0.25, -0.2) is 14.4 Å². The van der Waals surface area contributed by atoms with Crippen LogP contribution >= 0.6 is 0 Å². The van der Waals surface area contributed by atoms with Gasteiger partial charge >= 0.3 is 0 Å². The minimum absolute atomic E-state index is 0.102. The summed E-state index contributed by atoms with van der Waals surface area (Å²) < 4.78 is 13.0. The first-order chi connectivity index (χ1) is 13.5. The highest BCUT2D eigenvalue weighted by Crippen LogP contribution is 2.21. The molecule has 148 valence electrons. The zero-order valence-electron chi connectivity index (χ0n) is 16.0. The Morgan fingerprint density at radius 3 is 2.75 bits per heavy atom. The molecule has 1 aliphatic rings. The fourth-order valence-corrected chi connectivity index (χ4v) is 3.30. The number of fused-ring (bicyclic) bond motifs is 1. The van der Waals surface area contributed by atoms with Crippen molar-refractivity contribution in [3.8, 4) is 0 Å². The largest absolute Gasteiger partial charge is 0.353 e. The van der Waals surface area contributed by atoms with E-state index in [2.05, 4.69) is 27.5 Å². The number of anilines is 1. The lowest BCUT2D eigenvalue weighted by atomic mass is 9.92. The summed E-state index contributed by atoms with van der Waals surface area (Å²) in [4.78, 5) is 32.9. The van der Waals surface area contributed by atoms with Crippen molar-refractivity contribution in [3.05, 3.63) is 53.1 Å². The summed E-state index contributed by atoms with van der Waals surface area (Å²) in [6.45, 7) is 2.12. The lowest BCUT2D eigenvalue weighted by molar-refractivity contribution is -0.122. The third kappa shape index (κ3) is 5.34. The van der Waals surface area contributed by atoms with Gasteiger partial charge in [-0.2, -0.15) is 0 Å². The van der Waals surface area contributed by atoms with Crippen LogP contribution < -0.4 is 10.6 Å². The Labute approximate surface area is 164 Å². The molecule has 28 heavy (non-hydrogen) atoms. The summed E-state index contributed by atoms with van der Waals surface area (Å²) in [6.07, 6.45) is 7.60. The van der Waals surface area contributed by atoms with Gasteiger partial charge in [0.05, 0.1) is 0 Å². The molecule has 2 amide bonds. The Balaban J connectivity index is 1.57. The molecule has 3 rings (SSSR count). The third-order valence-electron chi connectivity index (χ3n) is 4.85. The number of hydrogen-bond acceptors (Lipinski definition) is 4. The normalized spacial score (nSPS) is 15.6. The second kappa shape index (κ2) is 9.39. The topological polar surface area (TPSA) is 84.0 Å². The van der Waals surface area contributed by atoms with Crippen molar-refractivity contribution in [1.29, 1.82) is 0 Å². The first-order valence-corrected chi connectivity index (χ1v) is 9.76. The van der Waals surface area contributed by atoms with E-state index in [1.165, 1.54) is 24.3 Å². The van der Waals surface area contributed by atoms with E-state index in [9.17, 15) is 14.0 Å². The smallest absolute Gasteiger partial charge is 0.258 e. The van der Waals surface area contributed by atoms with E-state index in [0.717, 1.165) is 43.4 Å². The van der Waals surface area contributed by atoms with Gasteiger partial charge in [0.15, 0.2) is 0 Å². The number of nitrogens with zero attached hydrogens (tertiary/aromatic N) is 2. The van der Waals surface area contributed by atoms with Crippen LogP contribution in [-0.2, 0) is 17.6 Å². The molecule has 1 atom stereocenters. The van der Waals surface area contributed by atoms with E-state index in [0.29, 0.717) is 18.4 Å². The van der Waals surface area contributed by atoms with E-state index < -0.39 is 5.82 Å². The molecule has 0 aliphatic heterocycles. The number of aryl methyl sites for hydroxylation is 1. The van der Waals surface area contributed by atoms with Crippen molar-refractivity contribution in [2.24, 2.45) is 0 Å². The van der Waals surface area contributed by atoms with Crippen molar-refractivity contribution < 1.29 is 14.0 Å². The zero-order chi connectivity index (χ0) is 19.9. The minimum atomic E-state index is -0.395. The number of carbonyl (C=O) groups is 2. The number of unbranched alkanes of at least 4 members (excludes halogenated alkanes) is 2. The molecular formula is C21H25FN4O2. The van der Waals surface area contributed by atoms with Crippen LogP contribution in [-0.4, -0.2) is 27.8 Å². The van der Waals surface area contributed by atoms with E-state index in [4.69, 9.17) is 0 Å². The molecule has 6 nitrogen and oxygen atoms in total. The standard InChI is InChI=1S/C21H25FN4O2/c1-2-3-4-5-19(27)24-17-10-11-18-15(12-17)13-23-21(25-18)26-20(28)14-6-8-16(22)9-7-14/h6-9,13,17H,2-5,10-12H2,1H3,(H,24,27)(H,23,25,26,28). The maximum Gasteiger partial charge on any atom is 0.258 e. The van der Waals surface area contributed by atoms with E-state index in [1.54, 1.807) is 6.20 Å². The van der Waals surface area contributed by atoms with Crippen LogP contribution in [0.3, 0.4) is 0 Å². The molecule has 0 saturated carbocycles. The average molecular weight is 384 g/mol. The van der Waals surface area contributed by atoms with Crippen LogP contribution in [0.5, 0.6) is 0 Å². The quantitative estimate of drug-likeness (QED) is 0.717. The summed E-state index contributed by atoms with van der Waals surface area (Å²) >= 11 is 0. The van der Waals surface area contributed by atoms with Crippen LogP contribution in [0, 0.1) is 5.82 Å². The number of amides is 2. The number of nitrogens with one attached hydrogen (secondary N) is 2. The lowest BCUT2D eigenvalue weighted by Crippen LogP contribution is -2.39. The highest BCUT2D eigenvalue weighted by molar-refractivity contribution is 6.03. The second-order valence-corrected chi connectivity index (χ2v) is 7.09. The van der Waals surface area contributed by atoms with E-state index in [-0.39, 0.29) is 23.8 Å². The predicted octanol–water partition coefficient (Wildman–Crippen LogP) is 3.42. The Morgan fingerprint density at radius 1 is 1.21 bits per heavy atom. The van der Waals surface area contributed by atoms with Crippen molar-refractivity contribution in [2.45, 2.75) is 57.9 Å². The number of benzene rings is 1. The summed E-state index contributed by atoms with van der Waals surface area (Å²) in [7, 11) is 0. The molecule has 0 fully saturated rings. The molecule has 1 heterocycles. The second-order valence-electron chi connectivity index (χ2n) is 7.09. The first kappa shape index (κ1) is 19.9. The summed E-state index contributed by atoms with van der Waals surface area (Å²) in [5.74, 6) is -0.442. The van der Waals surface area contributed by atoms with Gasteiger partial charge in [0, 0.05) is 29.9 Å². The number of carbonyl (C=O) groups excluding carboxylic acids is 2. The summed E-state index contributed by atoms with van der Waals surface area (Å²) in [6, 6.07) is 5.40. The highest BCUT2D eigenvalue weighted by Gasteiger charge is 2.22. The SMILES string of the molecule is CCCCCC(=O)NC1CCc2nc(NC(=O)c3ccc(F)cc3)ncc2C1. The van der Waals surface area contributed by atoms with Gasteiger partial charge in [-0.3, -0.25) is 14.9 Å². The molecule has 0 spiro atoms. The fraction of sp³-hybridized carbons (Fsp3) is 0.429. The number of hydrogen-bond donors (Lipinski definition) is 2. The van der Waals surface area contributed by atoms with Crippen LogP contribution in [0.2, 0.25) is 0 Å². The fourth-order valence-electron chi connectivity index (χ4n) is 3.30. The average Bonchev–Trinajstić information content (AvgIpc) is 2.68. The molecule has 7 heteroatoms. The predicted molar refractivity (Wildman–Crippen MR) is 104 cm³/mol. The summed E-state index contributed by atoms with van der Waals surface area (Å²) in [5, 5.41) is 5.74. The Kier molecular flexibility index (Phi) is 6.68. The van der Waals surface area contributed by atoms with Gasteiger partial charge in [0.1, 0.15) is 5.82 Å². The van der Waals surface area contributed by atoms with Crippen molar-refractivity contribution in [3.63, 3.8) is 0 Å². The van der Waals surface area contributed by atoms with Gasteiger partial charge < -0.3 is 5.32 Å². The monoisotopic (exact) mass is 384 g/mol. The molecule has 0 radical (unpaired) electrons. The molecule has 1 aliphatic carbocycles. The molecule has 1 aromatic carbocycles. The van der Waals surface area contributed by atoms with Gasteiger partial charge in [-0.1, -0.05) is 19.8 Å². The lowest BCUT2D eigenvalue weighted by Gasteiger charge is -2.25. The Bertz CT molecular complexity index is 839. The van der Waals surface area contributed by atoms with Crippen molar-refractivity contribution in [2.75, 3.05) is 5.32 Å². The molecule has 0 saturated heterocycles. The third-order valence-corrected chi connectivity index (χ3v) is 4.85. The number of halogens is 1. The molecule has 0 bridgehead atoms. The van der Waals surface area contributed by atoms with Crippen LogP contribution in [0.4, 0.5) is 10.3 Å². The minimum Gasteiger partial charge on any atom is -0.353 e. The molecule has 1 unspecified atom stereocenters. The zero-order valence-corrected chi connectivity index (χ0v) is 16.0. The Hall–Kier alpha value is -2.83. The Morgan fingerprint density at radius 2 is 2.00 bits per heavy atom. The van der Waals surface area contributed by atoms with E-state index in [1.807, 2.05) is 0 Å². The summed E-state index contributed by atoms with van der Waals surface area (Å²) in [5.41, 5.74) is 2.22. The molecule has 2 aromatic rings. The van der Waals surface area contributed by atoms with Gasteiger partial charge in [0.25, 0.3) is 5.91 Å². The number of rotatable bonds is 7. The van der Waals surface area contributed by atoms with Crippen LogP contribution in [0.1, 0.15) is 60.6 Å². The molecule has 1 aromatic heterocycles. The molecular weight excluding hydrogens is 359 g/mol. The highest BCUT2D eigenvalue weighted by atomic mass is 19.1.